The number of para-hydroxylation sites is 1. The lowest BCUT2D eigenvalue weighted by molar-refractivity contribution is -0.143. The number of fused-ring (bicyclic) bond motifs is 2. The number of aliphatic carboxylic acids is 1. The molecular weight excluding hydrogens is 631 g/mol. The van der Waals surface area contributed by atoms with Crippen molar-refractivity contribution in [3.8, 4) is 28.7 Å². The van der Waals surface area contributed by atoms with Crippen molar-refractivity contribution in [3.05, 3.63) is 71.0 Å². The van der Waals surface area contributed by atoms with Crippen molar-refractivity contribution in [3.63, 3.8) is 0 Å². The van der Waals surface area contributed by atoms with Crippen LogP contribution < -0.4 is 28.6 Å². The SMILES string of the molecule is CCCC(CCC)N(C(=O)CN1C[C@H](c2cc(OC)c3c(c2)OCO3)[C@@H](C(=O)O)[C@@H]1CCc1cccc2c1OCO2)c1ccc(F)c(C)c1. The molecular formula is C38H45FN2O8. The predicted molar refractivity (Wildman–Crippen MR) is 181 cm³/mol. The second-order valence-corrected chi connectivity index (χ2v) is 13.0. The molecule has 0 bridgehead atoms. The van der Waals surface area contributed by atoms with Crippen molar-refractivity contribution < 1.29 is 42.8 Å². The highest BCUT2D eigenvalue weighted by atomic mass is 19.1. The van der Waals surface area contributed by atoms with E-state index in [0.717, 1.165) is 36.8 Å². The lowest BCUT2D eigenvalue weighted by Gasteiger charge is -2.35. The third kappa shape index (κ3) is 6.99. The van der Waals surface area contributed by atoms with Crippen LogP contribution in [0.1, 0.15) is 68.6 Å². The molecule has 10 nitrogen and oxygen atoms in total. The summed E-state index contributed by atoms with van der Waals surface area (Å²) in [6, 6.07) is 13.6. The molecule has 1 N–H and O–H groups in total. The molecule has 1 saturated heterocycles. The van der Waals surface area contributed by atoms with Crippen molar-refractivity contribution in [1.29, 1.82) is 0 Å². The van der Waals surface area contributed by atoms with Crippen LogP contribution in [0.15, 0.2) is 48.5 Å². The Labute approximate surface area is 286 Å². The average Bonchev–Trinajstić information content (AvgIpc) is 3.84. The molecule has 11 heteroatoms. The summed E-state index contributed by atoms with van der Waals surface area (Å²) < 4.78 is 42.7. The lowest BCUT2D eigenvalue weighted by atomic mass is 9.83. The number of carbonyl (C=O) groups is 2. The normalized spacial score (nSPS) is 19.4. The van der Waals surface area contributed by atoms with Crippen LogP contribution in [-0.2, 0) is 16.0 Å². The molecule has 0 aliphatic carbocycles. The summed E-state index contributed by atoms with van der Waals surface area (Å²) in [5.41, 5.74) is 2.78. The summed E-state index contributed by atoms with van der Waals surface area (Å²) in [6.07, 6.45) is 4.33. The number of carboxylic acid groups (broad SMARTS) is 1. The highest BCUT2D eigenvalue weighted by Crippen LogP contribution is 2.48. The topological polar surface area (TPSA) is 107 Å². The molecule has 6 rings (SSSR count). The summed E-state index contributed by atoms with van der Waals surface area (Å²) in [6.45, 7) is 6.39. The summed E-state index contributed by atoms with van der Waals surface area (Å²) >= 11 is 0. The van der Waals surface area contributed by atoms with Crippen LogP contribution in [0.4, 0.5) is 10.1 Å². The van der Waals surface area contributed by atoms with Gasteiger partial charge in [0.1, 0.15) is 5.82 Å². The first-order chi connectivity index (χ1) is 23.7. The molecule has 0 aromatic heterocycles. The molecule has 1 amide bonds. The van der Waals surface area contributed by atoms with Gasteiger partial charge in [-0.25, -0.2) is 4.39 Å². The summed E-state index contributed by atoms with van der Waals surface area (Å²) in [7, 11) is 1.54. The minimum absolute atomic E-state index is 0.000502. The van der Waals surface area contributed by atoms with Crippen LogP contribution in [0.2, 0.25) is 0 Å². The molecule has 3 aliphatic heterocycles. The summed E-state index contributed by atoms with van der Waals surface area (Å²) in [5, 5.41) is 10.8. The number of likely N-dealkylation sites (tertiary alicyclic amines) is 1. The number of hydrogen-bond acceptors (Lipinski definition) is 8. The van der Waals surface area contributed by atoms with Gasteiger partial charge in [0.15, 0.2) is 23.0 Å². The fourth-order valence-corrected chi connectivity index (χ4v) is 7.70. The van der Waals surface area contributed by atoms with Gasteiger partial charge in [-0.15, -0.1) is 0 Å². The van der Waals surface area contributed by atoms with Crippen LogP contribution in [0.25, 0.3) is 0 Å². The fraction of sp³-hybridized carbons (Fsp3) is 0.474. The zero-order valence-corrected chi connectivity index (χ0v) is 28.6. The number of methoxy groups -OCH3 is 1. The Morgan fingerprint density at radius 2 is 1.73 bits per heavy atom. The quantitative estimate of drug-likeness (QED) is 0.200. The first kappa shape index (κ1) is 34.4. The van der Waals surface area contributed by atoms with Crippen molar-refractivity contribution in [1.82, 2.24) is 4.90 Å². The zero-order valence-electron chi connectivity index (χ0n) is 28.6. The monoisotopic (exact) mass is 676 g/mol. The van der Waals surface area contributed by atoms with E-state index in [4.69, 9.17) is 23.7 Å². The van der Waals surface area contributed by atoms with E-state index in [2.05, 4.69) is 13.8 Å². The number of carboxylic acids is 1. The number of anilines is 1. The number of aryl methyl sites for hydroxylation is 2. The number of rotatable bonds is 14. The van der Waals surface area contributed by atoms with E-state index in [-0.39, 0.29) is 37.9 Å². The Bertz CT molecular complexity index is 1680. The standard InChI is InChI=1S/C38H45FN2O8/c1-5-8-26(9-6-2)41(27-13-14-29(39)23(3)16-27)34(42)20-40-19-28(25-17-32(45-4)37-33(18-25)47-22-49-37)35(38(43)44)30(40)15-12-24-10-7-11-31-36(24)48-21-46-31/h7,10-11,13-14,16-18,26,28,30,35H,5-6,8-9,12,15,19-22H2,1-4H3,(H,43,44)/t28-,30+,35-/m1/s1. The van der Waals surface area contributed by atoms with Crippen molar-refractivity contribution in [2.24, 2.45) is 5.92 Å². The highest BCUT2D eigenvalue weighted by molar-refractivity contribution is 5.95. The number of amides is 1. The van der Waals surface area contributed by atoms with Crippen LogP contribution in [-0.4, -0.2) is 67.8 Å². The minimum Gasteiger partial charge on any atom is -0.493 e. The second kappa shape index (κ2) is 14.9. The molecule has 262 valence electrons. The number of carbonyl (C=O) groups excluding carboxylic acids is 1. The maximum Gasteiger partial charge on any atom is 0.308 e. The molecule has 3 aliphatic rings. The molecule has 3 aromatic rings. The number of benzene rings is 3. The smallest absolute Gasteiger partial charge is 0.308 e. The van der Waals surface area contributed by atoms with Gasteiger partial charge in [-0.2, -0.15) is 0 Å². The van der Waals surface area contributed by atoms with Gasteiger partial charge in [-0.1, -0.05) is 38.8 Å². The number of halogens is 1. The Morgan fingerprint density at radius 3 is 2.43 bits per heavy atom. The van der Waals surface area contributed by atoms with Gasteiger partial charge in [-0.05, 0) is 85.7 Å². The molecule has 3 heterocycles. The van der Waals surface area contributed by atoms with Crippen LogP contribution >= 0.6 is 0 Å². The molecule has 3 aromatic carbocycles. The maximum absolute atomic E-state index is 14.6. The zero-order chi connectivity index (χ0) is 34.7. The van der Waals surface area contributed by atoms with Gasteiger partial charge in [0.25, 0.3) is 0 Å². The van der Waals surface area contributed by atoms with Crippen LogP contribution in [0, 0.1) is 18.7 Å². The first-order valence-electron chi connectivity index (χ1n) is 17.1. The van der Waals surface area contributed by atoms with Crippen molar-refractivity contribution in [2.45, 2.75) is 77.3 Å². The maximum atomic E-state index is 14.6. The van der Waals surface area contributed by atoms with Gasteiger partial charge in [-0.3, -0.25) is 14.5 Å². The Balaban J connectivity index is 1.37. The average molecular weight is 677 g/mol. The minimum atomic E-state index is -0.944. The fourth-order valence-electron chi connectivity index (χ4n) is 7.70. The van der Waals surface area contributed by atoms with Gasteiger partial charge in [0, 0.05) is 30.2 Å². The molecule has 1 fully saturated rings. The van der Waals surface area contributed by atoms with Gasteiger partial charge in [0.05, 0.1) is 19.6 Å². The second-order valence-electron chi connectivity index (χ2n) is 13.0. The molecule has 3 atom stereocenters. The third-order valence-electron chi connectivity index (χ3n) is 9.97. The van der Waals surface area contributed by atoms with E-state index in [1.807, 2.05) is 40.1 Å². The number of nitrogens with zero attached hydrogens (tertiary/aromatic N) is 2. The predicted octanol–water partition coefficient (Wildman–Crippen LogP) is 6.70. The molecule has 0 spiro atoms. The van der Waals surface area contributed by atoms with Crippen LogP contribution in [0.5, 0.6) is 28.7 Å². The van der Waals surface area contributed by atoms with E-state index in [9.17, 15) is 19.1 Å². The largest absolute Gasteiger partial charge is 0.493 e. The Hall–Kier alpha value is -4.51. The lowest BCUT2D eigenvalue weighted by Crippen LogP contribution is -2.48. The summed E-state index contributed by atoms with van der Waals surface area (Å²) in [4.78, 5) is 31.6. The third-order valence-corrected chi connectivity index (χ3v) is 9.97. The highest BCUT2D eigenvalue weighted by Gasteiger charge is 2.48. The van der Waals surface area contributed by atoms with Crippen molar-refractivity contribution in [2.75, 3.05) is 38.7 Å². The molecule has 0 radical (unpaired) electrons. The Kier molecular flexibility index (Phi) is 10.5. The molecule has 49 heavy (non-hydrogen) atoms. The van der Waals surface area contributed by atoms with Gasteiger partial charge < -0.3 is 33.7 Å². The van der Waals surface area contributed by atoms with Gasteiger partial charge in [0.2, 0.25) is 25.2 Å². The Morgan fingerprint density at radius 1 is 1.00 bits per heavy atom. The van der Waals surface area contributed by atoms with Crippen LogP contribution in [0.3, 0.4) is 0 Å². The van der Waals surface area contributed by atoms with Crippen molar-refractivity contribution >= 4 is 17.6 Å². The molecule has 0 unspecified atom stereocenters. The van der Waals surface area contributed by atoms with E-state index in [1.165, 1.54) is 13.2 Å². The first-order valence-corrected chi connectivity index (χ1v) is 17.1. The van der Waals surface area contributed by atoms with E-state index < -0.39 is 23.8 Å². The van der Waals surface area contributed by atoms with E-state index in [1.54, 1.807) is 19.1 Å². The van der Waals surface area contributed by atoms with Gasteiger partial charge >= 0.3 is 5.97 Å². The number of hydrogen-bond donors (Lipinski definition) is 1. The number of ether oxygens (including phenoxy) is 5. The summed E-state index contributed by atoms with van der Waals surface area (Å²) in [5.74, 6) is 0.0752. The molecule has 0 saturated carbocycles. The van der Waals surface area contributed by atoms with E-state index in [0.29, 0.717) is 59.4 Å². The van der Waals surface area contributed by atoms with E-state index >= 15 is 0 Å².